The third-order valence-corrected chi connectivity index (χ3v) is 7.16. The third kappa shape index (κ3) is 3.42. The van der Waals surface area contributed by atoms with Crippen molar-refractivity contribution in [3.05, 3.63) is 65.5 Å². The molecule has 0 amide bonds. The molecule has 0 fully saturated rings. The zero-order valence-electron chi connectivity index (χ0n) is 16.9. The molecule has 2 N–H and O–H groups in total. The van der Waals surface area contributed by atoms with Crippen LogP contribution in [0.3, 0.4) is 0 Å². The molecule has 2 heterocycles. The molecule has 0 aliphatic heterocycles. The average Bonchev–Trinajstić information content (AvgIpc) is 3.41. The van der Waals surface area contributed by atoms with Crippen molar-refractivity contribution >= 4 is 32.4 Å². The predicted molar refractivity (Wildman–Crippen MR) is 118 cm³/mol. The van der Waals surface area contributed by atoms with Crippen LogP contribution in [-0.4, -0.2) is 24.3 Å². The summed E-state index contributed by atoms with van der Waals surface area (Å²) in [4.78, 5) is 15.9. The number of aromatic amines is 1. The summed E-state index contributed by atoms with van der Waals surface area (Å²) in [5, 5.41) is 4.49. The molecule has 0 bridgehead atoms. The number of nitrogens with zero attached hydrogens (tertiary/aromatic N) is 1. The number of Topliss-reactive ketones (excluding diaryl/α,β-unsaturated/α-hetero) is 1. The van der Waals surface area contributed by atoms with Crippen molar-refractivity contribution in [1.29, 1.82) is 0 Å². The van der Waals surface area contributed by atoms with Crippen molar-refractivity contribution in [2.24, 2.45) is 0 Å². The van der Waals surface area contributed by atoms with Gasteiger partial charge in [0.25, 0.3) is 10.0 Å². The van der Waals surface area contributed by atoms with Gasteiger partial charge in [-0.05, 0) is 61.2 Å². The Balaban J connectivity index is 1.52. The number of ketones is 1. The van der Waals surface area contributed by atoms with E-state index in [4.69, 9.17) is 4.52 Å². The van der Waals surface area contributed by atoms with E-state index in [0.717, 1.165) is 35.0 Å². The Bertz CT molecular complexity index is 1390. The first-order valence-electron chi connectivity index (χ1n) is 10.2. The maximum absolute atomic E-state index is 13.2. The van der Waals surface area contributed by atoms with Gasteiger partial charge in [-0.25, -0.2) is 8.42 Å². The Morgan fingerprint density at radius 2 is 1.94 bits per heavy atom. The highest BCUT2D eigenvalue weighted by Gasteiger charge is 2.26. The predicted octanol–water partition coefficient (Wildman–Crippen LogP) is 4.71. The minimum absolute atomic E-state index is 0.120. The lowest BCUT2D eigenvalue weighted by atomic mass is 9.94. The molecule has 2 aromatic heterocycles. The van der Waals surface area contributed by atoms with Crippen LogP contribution in [0.15, 0.2) is 58.1 Å². The van der Waals surface area contributed by atoms with Gasteiger partial charge in [-0.2, -0.15) is 0 Å². The van der Waals surface area contributed by atoms with E-state index in [9.17, 15) is 13.2 Å². The van der Waals surface area contributed by atoms with Crippen LogP contribution in [0.2, 0.25) is 0 Å². The summed E-state index contributed by atoms with van der Waals surface area (Å²) in [5.74, 6) is 0.730. The number of nitrogens with one attached hydrogen (secondary N) is 2. The van der Waals surface area contributed by atoms with E-state index in [-0.39, 0.29) is 10.7 Å². The molecule has 0 saturated heterocycles. The molecule has 2 aromatic carbocycles. The van der Waals surface area contributed by atoms with Crippen LogP contribution in [0.1, 0.15) is 41.4 Å². The summed E-state index contributed by atoms with van der Waals surface area (Å²) in [6.07, 6.45) is 4.24. The fraction of sp³-hybridized carbons (Fsp3) is 0.217. The first-order chi connectivity index (χ1) is 15.0. The van der Waals surface area contributed by atoms with Crippen molar-refractivity contribution in [2.45, 2.75) is 37.5 Å². The van der Waals surface area contributed by atoms with Gasteiger partial charge in [0.15, 0.2) is 11.5 Å². The standard InChI is InChI=1S/C23H21N3O4S/c1-2-14-12-17-19(25-18-4-3-5-20(27)23(17)18)13-22(14)31(28,29)26-16-8-6-15(7-9-16)21-10-11-24-30-21/h6-13,25-26H,2-5H2,1H3. The van der Waals surface area contributed by atoms with E-state index in [1.165, 1.54) is 0 Å². The van der Waals surface area contributed by atoms with E-state index in [2.05, 4.69) is 14.9 Å². The van der Waals surface area contributed by atoms with Crippen LogP contribution < -0.4 is 4.72 Å². The Labute approximate surface area is 179 Å². The van der Waals surface area contributed by atoms with Gasteiger partial charge in [0.2, 0.25) is 0 Å². The smallest absolute Gasteiger partial charge is 0.262 e. The highest BCUT2D eigenvalue weighted by Crippen LogP contribution is 2.33. The number of benzene rings is 2. The number of hydrogen-bond acceptors (Lipinski definition) is 5. The van der Waals surface area contributed by atoms with Crippen molar-refractivity contribution in [3.8, 4) is 11.3 Å². The molecule has 158 valence electrons. The van der Waals surface area contributed by atoms with Gasteiger partial charge in [0.05, 0.1) is 11.1 Å². The van der Waals surface area contributed by atoms with Crippen LogP contribution in [0.4, 0.5) is 5.69 Å². The Morgan fingerprint density at radius 1 is 1.13 bits per heavy atom. The van der Waals surface area contributed by atoms with Crippen molar-refractivity contribution in [1.82, 2.24) is 10.1 Å². The SMILES string of the molecule is CCc1cc2c3c([nH]c2cc1S(=O)(=O)Nc1ccc(-c2ccno2)cc1)CCCC3=O. The number of H-pyrrole nitrogens is 1. The van der Waals surface area contributed by atoms with Gasteiger partial charge in [-0.15, -0.1) is 0 Å². The number of aromatic nitrogens is 2. The lowest BCUT2D eigenvalue weighted by Crippen LogP contribution is -2.15. The average molecular weight is 436 g/mol. The number of rotatable bonds is 5. The second-order valence-corrected chi connectivity index (χ2v) is 9.32. The van der Waals surface area contributed by atoms with Crippen LogP contribution in [0.25, 0.3) is 22.2 Å². The summed E-state index contributed by atoms with van der Waals surface area (Å²) < 4.78 is 34.2. The summed E-state index contributed by atoms with van der Waals surface area (Å²) in [7, 11) is -3.82. The van der Waals surface area contributed by atoms with Crippen molar-refractivity contribution < 1.29 is 17.7 Å². The molecular formula is C23H21N3O4S. The van der Waals surface area contributed by atoms with Gasteiger partial charge in [0.1, 0.15) is 0 Å². The number of hydrogen-bond donors (Lipinski definition) is 2. The van der Waals surface area contributed by atoms with E-state index in [1.807, 2.05) is 13.0 Å². The second-order valence-electron chi connectivity index (χ2n) is 7.67. The summed E-state index contributed by atoms with van der Waals surface area (Å²) in [6.45, 7) is 1.91. The molecule has 1 aliphatic carbocycles. The molecule has 0 radical (unpaired) electrons. The number of anilines is 1. The Morgan fingerprint density at radius 3 is 2.65 bits per heavy atom. The van der Waals surface area contributed by atoms with Crippen LogP contribution in [-0.2, 0) is 22.9 Å². The summed E-state index contributed by atoms with van der Waals surface area (Å²) in [6, 6.07) is 12.1. The largest absolute Gasteiger partial charge is 0.358 e. The normalized spacial score (nSPS) is 14.0. The minimum atomic E-state index is -3.82. The monoisotopic (exact) mass is 435 g/mol. The number of aryl methyl sites for hydroxylation is 2. The maximum Gasteiger partial charge on any atom is 0.262 e. The Kier molecular flexibility index (Phi) is 4.66. The quantitative estimate of drug-likeness (QED) is 0.472. The van der Waals surface area contributed by atoms with E-state index < -0.39 is 10.0 Å². The van der Waals surface area contributed by atoms with Crippen molar-refractivity contribution in [3.63, 3.8) is 0 Å². The first kappa shape index (κ1) is 19.6. The van der Waals surface area contributed by atoms with E-state index in [0.29, 0.717) is 35.4 Å². The molecule has 1 aliphatic rings. The number of carbonyl (C=O) groups excluding carboxylic acids is 1. The first-order valence-corrected chi connectivity index (χ1v) is 11.7. The fourth-order valence-electron chi connectivity index (χ4n) is 4.18. The summed E-state index contributed by atoms with van der Waals surface area (Å²) in [5.41, 5.74) is 4.23. The molecule has 4 aromatic rings. The molecule has 8 heteroatoms. The van der Waals surface area contributed by atoms with Crippen LogP contribution >= 0.6 is 0 Å². The number of sulfonamides is 1. The highest BCUT2D eigenvalue weighted by atomic mass is 32.2. The highest BCUT2D eigenvalue weighted by molar-refractivity contribution is 7.92. The van der Waals surface area contributed by atoms with Gasteiger partial charge >= 0.3 is 0 Å². The molecule has 7 nitrogen and oxygen atoms in total. The molecule has 0 atom stereocenters. The fourth-order valence-corrected chi connectivity index (χ4v) is 5.56. The molecule has 31 heavy (non-hydrogen) atoms. The zero-order chi connectivity index (χ0) is 21.6. The summed E-state index contributed by atoms with van der Waals surface area (Å²) >= 11 is 0. The number of fused-ring (bicyclic) bond motifs is 3. The van der Waals surface area contributed by atoms with Gasteiger partial charge in [0, 0.05) is 45.9 Å². The lowest BCUT2D eigenvalue weighted by molar-refractivity contribution is 0.0974. The Hall–Kier alpha value is -3.39. The van der Waals surface area contributed by atoms with Gasteiger partial charge < -0.3 is 9.51 Å². The molecule has 5 rings (SSSR count). The molecular weight excluding hydrogens is 414 g/mol. The number of carbonyl (C=O) groups is 1. The van der Waals surface area contributed by atoms with E-state index >= 15 is 0 Å². The lowest BCUT2D eigenvalue weighted by Gasteiger charge is -2.13. The van der Waals surface area contributed by atoms with Crippen LogP contribution in [0, 0.1) is 0 Å². The molecule has 0 saturated carbocycles. The van der Waals surface area contributed by atoms with Gasteiger partial charge in [-0.3, -0.25) is 9.52 Å². The van der Waals surface area contributed by atoms with Gasteiger partial charge in [-0.1, -0.05) is 12.1 Å². The molecule has 0 spiro atoms. The van der Waals surface area contributed by atoms with E-state index in [1.54, 1.807) is 42.6 Å². The zero-order valence-corrected chi connectivity index (χ0v) is 17.8. The van der Waals surface area contributed by atoms with Crippen molar-refractivity contribution in [2.75, 3.05) is 4.72 Å². The topological polar surface area (TPSA) is 105 Å². The van der Waals surface area contributed by atoms with Crippen LogP contribution in [0.5, 0.6) is 0 Å². The molecule has 0 unspecified atom stereocenters. The third-order valence-electron chi connectivity index (χ3n) is 5.70. The second kappa shape index (κ2) is 7.39. The maximum atomic E-state index is 13.2. The minimum Gasteiger partial charge on any atom is -0.358 e.